The molecule has 0 bridgehead atoms. The topological polar surface area (TPSA) is 90.4 Å². The van der Waals surface area contributed by atoms with E-state index in [-0.39, 0.29) is 35.9 Å². The fraction of sp³-hybridized carbons (Fsp3) is 0.385. The molecule has 0 atom stereocenters. The number of fused-ring (bicyclic) bond motifs is 3. The Morgan fingerprint density at radius 2 is 1.86 bits per heavy atom. The molecule has 5 rings (SSSR count). The lowest BCUT2D eigenvalue weighted by molar-refractivity contribution is 0.0928. The molecule has 0 saturated heterocycles. The third kappa shape index (κ3) is 4.27. The average Bonchev–Trinajstić information content (AvgIpc) is 3.16. The third-order valence-electron chi connectivity index (χ3n) is 6.72. The summed E-state index contributed by atoms with van der Waals surface area (Å²) in [6.07, 6.45) is 5.35. The van der Waals surface area contributed by atoms with Crippen molar-refractivity contribution in [3.8, 4) is 0 Å². The van der Waals surface area contributed by atoms with E-state index in [0.717, 1.165) is 31.2 Å². The lowest BCUT2D eigenvalue weighted by Gasteiger charge is -2.22. The van der Waals surface area contributed by atoms with Gasteiger partial charge in [0.25, 0.3) is 11.5 Å². The zero-order valence-corrected chi connectivity index (χ0v) is 20.6. The number of carbonyl (C=O) groups excluding carboxylic acids is 1. The van der Waals surface area contributed by atoms with Gasteiger partial charge in [-0.3, -0.25) is 14.2 Å². The van der Waals surface area contributed by atoms with Crippen LogP contribution >= 0.6 is 11.6 Å². The van der Waals surface area contributed by atoms with Gasteiger partial charge >= 0.3 is 5.69 Å². The van der Waals surface area contributed by atoms with E-state index in [1.165, 1.54) is 20.1 Å². The zero-order valence-electron chi connectivity index (χ0n) is 19.8. The average molecular weight is 494 g/mol. The second-order valence-corrected chi connectivity index (χ2v) is 9.88. The van der Waals surface area contributed by atoms with Gasteiger partial charge in [0, 0.05) is 22.7 Å². The summed E-state index contributed by atoms with van der Waals surface area (Å²) in [6, 6.07) is 12.1. The summed E-state index contributed by atoms with van der Waals surface area (Å²) in [5.74, 6) is 0.0379. The second-order valence-electron chi connectivity index (χ2n) is 9.48. The maximum atomic E-state index is 13.5. The highest BCUT2D eigenvalue weighted by Crippen LogP contribution is 2.20. The number of rotatable bonds is 5. The minimum Gasteiger partial charge on any atom is -0.349 e. The van der Waals surface area contributed by atoms with Crippen LogP contribution in [-0.2, 0) is 6.54 Å². The molecule has 182 valence electrons. The van der Waals surface area contributed by atoms with Crippen molar-refractivity contribution in [1.29, 1.82) is 0 Å². The summed E-state index contributed by atoms with van der Waals surface area (Å²) in [7, 11) is 0. The van der Waals surface area contributed by atoms with Gasteiger partial charge in [0.2, 0.25) is 5.78 Å². The lowest BCUT2D eigenvalue weighted by Crippen LogP contribution is -2.36. The Kier molecular flexibility index (Phi) is 6.23. The van der Waals surface area contributed by atoms with Crippen molar-refractivity contribution in [2.45, 2.75) is 64.6 Å². The van der Waals surface area contributed by atoms with Crippen molar-refractivity contribution in [3.63, 3.8) is 0 Å². The van der Waals surface area contributed by atoms with E-state index in [1.807, 2.05) is 32.0 Å². The van der Waals surface area contributed by atoms with E-state index in [2.05, 4.69) is 10.4 Å². The van der Waals surface area contributed by atoms with E-state index in [9.17, 15) is 14.4 Å². The molecule has 1 aliphatic carbocycles. The Labute approximate surface area is 207 Å². The van der Waals surface area contributed by atoms with Crippen molar-refractivity contribution in [2.24, 2.45) is 0 Å². The molecule has 1 saturated carbocycles. The molecule has 0 radical (unpaired) electrons. The summed E-state index contributed by atoms with van der Waals surface area (Å²) in [6.45, 7) is 3.91. The molecule has 1 N–H and O–H groups in total. The minimum absolute atomic E-state index is 0.155. The Balaban J connectivity index is 1.67. The molecule has 2 heterocycles. The van der Waals surface area contributed by atoms with Crippen LogP contribution in [0, 0.1) is 0 Å². The molecule has 1 amide bonds. The van der Waals surface area contributed by atoms with Gasteiger partial charge in [-0.25, -0.2) is 13.9 Å². The van der Waals surface area contributed by atoms with Gasteiger partial charge < -0.3 is 5.32 Å². The number of aromatic nitrogens is 4. The number of halogens is 1. The summed E-state index contributed by atoms with van der Waals surface area (Å²) in [5, 5.41) is 8.52. The van der Waals surface area contributed by atoms with Crippen LogP contribution in [0.3, 0.4) is 0 Å². The van der Waals surface area contributed by atoms with E-state index < -0.39 is 5.69 Å². The van der Waals surface area contributed by atoms with E-state index in [0.29, 0.717) is 21.5 Å². The SMILES string of the molecule is CC(C)n1c(=O)c2ccc(C(=O)NC3CCCCC3)cc2n2c(=O)n(Cc3ccccc3Cl)nc12. The molecule has 9 heteroatoms. The van der Waals surface area contributed by atoms with Gasteiger partial charge in [0.05, 0.1) is 17.4 Å². The smallest absolute Gasteiger partial charge is 0.349 e. The standard InChI is InChI=1S/C26H28ClN5O3/c1-16(2)31-24(34)20-13-12-17(23(33)28-19-9-4-3-5-10-19)14-22(20)32-25(31)29-30(26(32)35)15-18-8-6-7-11-21(18)27/h6-8,11-14,16,19H,3-5,9-10,15H2,1-2H3,(H,28,33). The first-order valence-electron chi connectivity index (χ1n) is 12.1. The Bertz CT molecular complexity index is 1540. The van der Waals surface area contributed by atoms with Crippen LogP contribution in [0.15, 0.2) is 52.1 Å². The normalized spacial score (nSPS) is 14.7. The van der Waals surface area contributed by atoms with Gasteiger partial charge in [0.1, 0.15) is 0 Å². The van der Waals surface area contributed by atoms with Crippen LogP contribution in [0.1, 0.15) is 67.9 Å². The van der Waals surface area contributed by atoms with Crippen molar-refractivity contribution < 1.29 is 4.79 Å². The van der Waals surface area contributed by atoms with Gasteiger partial charge in [-0.05, 0) is 56.5 Å². The maximum Gasteiger partial charge on any atom is 0.352 e. The van der Waals surface area contributed by atoms with E-state index in [4.69, 9.17) is 11.6 Å². The van der Waals surface area contributed by atoms with Crippen LogP contribution in [0.25, 0.3) is 16.7 Å². The molecule has 1 aliphatic rings. The predicted molar refractivity (Wildman–Crippen MR) is 136 cm³/mol. The minimum atomic E-state index is -0.399. The number of hydrogen-bond acceptors (Lipinski definition) is 4. The van der Waals surface area contributed by atoms with Crippen LogP contribution in [0.4, 0.5) is 0 Å². The molecule has 8 nitrogen and oxygen atoms in total. The van der Waals surface area contributed by atoms with Gasteiger partial charge in [0.15, 0.2) is 0 Å². The fourth-order valence-electron chi connectivity index (χ4n) is 4.89. The Morgan fingerprint density at radius 1 is 1.11 bits per heavy atom. The molecular weight excluding hydrogens is 466 g/mol. The van der Waals surface area contributed by atoms with Gasteiger partial charge in [-0.15, -0.1) is 5.10 Å². The van der Waals surface area contributed by atoms with Crippen molar-refractivity contribution in [3.05, 3.63) is 79.5 Å². The molecule has 0 spiro atoms. The highest BCUT2D eigenvalue weighted by atomic mass is 35.5. The lowest BCUT2D eigenvalue weighted by atomic mass is 9.95. The Morgan fingerprint density at radius 3 is 2.57 bits per heavy atom. The molecule has 1 fully saturated rings. The highest BCUT2D eigenvalue weighted by molar-refractivity contribution is 6.31. The van der Waals surface area contributed by atoms with Crippen molar-refractivity contribution >= 4 is 34.2 Å². The van der Waals surface area contributed by atoms with Crippen molar-refractivity contribution in [2.75, 3.05) is 0 Å². The van der Waals surface area contributed by atoms with Gasteiger partial charge in [-0.2, -0.15) is 0 Å². The van der Waals surface area contributed by atoms with E-state index >= 15 is 0 Å². The first kappa shape index (κ1) is 23.4. The number of benzene rings is 2. The maximum absolute atomic E-state index is 13.5. The zero-order chi connectivity index (χ0) is 24.7. The summed E-state index contributed by atoms with van der Waals surface area (Å²) in [4.78, 5) is 39.9. The molecule has 0 aliphatic heterocycles. The molecule has 0 unspecified atom stereocenters. The third-order valence-corrected chi connectivity index (χ3v) is 7.09. The number of hydrogen-bond donors (Lipinski definition) is 1. The highest BCUT2D eigenvalue weighted by Gasteiger charge is 2.22. The van der Waals surface area contributed by atoms with Crippen LogP contribution < -0.4 is 16.6 Å². The second kappa shape index (κ2) is 9.34. The Hall–Kier alpha value is -3.39. The largest absolute Gasteiger partial charge is 0.352 e. The molecular formula is C26H28ClN5O3. The van der Waals surface area contributed by atoms with E-state index in [1.54, 1.807) is 24.3 Å². The summed E-state index contributed by atoms with van der Waals surface area (Å²) >= 11 is 6.31. The van der Waals surface area contributed by atoms with Gasteiger partial charge in [-0.1, -0.05) is 49.1 Å². The molecule has 2 aromatic carbocycles. The molecule has 2 aromatic heterocycles. The first-order valence-corrected chi connectivity index (χ1v) is 12.4. The monoisotopic (exact) mass is 493 g/mol. The fourth-order valence-corrected chi connectivity index (χ4v) is 5.09. The van der Waals surface area contributed by atoms with Crippen LogP contribution in [0.2, 0.25) is 5.02 Å². The molecule has 35 heavy (non-hydrogen) atoms. The number of amides is 1. The number of nitrogens with zero attached hydrogens (tertiary/aromatic N) is 4. The first-order chi connectivity index (χ1) is 16.8. The number of carbonyl (C=O) groups is 1. The molecule has 4 aromatic rings. The van der Waals surface area contributed by atoms with Crippen LogP contribution in [0.5, 0.6) is 0 Å². The van der Waals surface area contributed by atoms with Crippen LogP contribution in [-0.4, -0.2) is 30.7 Å². The summed E-state index contributed by atoms with van der Waals surface area (Å²) in [5.41, 5.74) is 0.876. The number of nitrogens with one attached hydrogen (secondary N) is 1. The summed E-state index contributed by atoms with van der Waals surface area (Å²) < 4.78 is 4.24. The quantitative estimate of drug-likeness (QED) is 0.452. The predicted octanol–water partition coefficient (Wildman–Crippen LogP) is 4.16. The van der Waals surface area contributed by atoms with Crippen molar-refractivity contribution in [1.82, 2.24) is 24.1 Å².